The maximum Gasteiger partial charge on any atom is 0.191 e. The van der Waals surface area contributed by atoms with Gasteiger partial charge in [0.15, 0.2) is 17.5 Å². The summed E-state index contributed by atoms with van der Waals surface area (Å²) in [5, 5.41) is 16.9. The summed E-state index contributed by atoms with van der Waals surface area (Å²) in [6, 6.07) is 13.3. The van der Waals surface area contributed by atoms with Gasteiger partial charge in [0.2, 0.25) is 0 Å². The molecule has 2 aromatic carbocycles. The number of nitrogens with one attached hydrogen (secondary N) is 2. The first-order valence-corrected chi connectivity index (χ1v) is 9.66. The summed E-state index contributed by atoms with van der Waals surface area (Å²) in [6.45, 7) is 3.68. The summed E-state index contributed by atoms with van der Waals surface area (Å²) in [7, 11) is 4.86. The number of ether oxygens (including phenoxy) is 3. The molecule has 0 amide bonds. The van der Waals surface area contributed by atoms with Gasteiger partial charge in [-0.3, -0.25) is 4.99 Å². The Morgan fingerprint density at radius 1 is 1.00 bits per heavy atom. The van der Waals surface area contributed by atoms with E-state index in [9.17, 15) is 5.11 Å². The van der Waals surface area contributed by atoms with Crippen LogP contribution in [0.15, 0.2) is 47.5 Å². The Morgan fingerprint density at radius 2 is 1.79 bits per heavy atom. The van der Waals surface area contributed by atoms with Crippen molar-refractivity contribution in [1.82, 2.24) is 10.6 Å². The van der Waals surface area contributed by atoms with E-state index in [0.717, 1.165) is 24.1 Å². The molecule has 2 rings (SSSR count). The fourth-order valence-electron chi connectivity index (χ4n) is 2.84. The Morgan fingerprint density at radius 3 is 2.48 bits per heavy atom. The zero-order valence-electron chi connectivity index (χ0n) is 17.6. The smallest absolute Gasteiger partial charge is 0.191 e. The zero-order valence-corrected chi connectivity index (χ0v) is 17.6. The van der Waals surface area contributed by atoms with Crippen molar-refractivity contribution in [3.63, 3.8) is 0 Å². The molecule has 0 saturated carbocycles. The Labute approximate surface area is 172 Å². The molecule has 7 heteroatoms. The van der Waals surface area contributed by atoms with Crippen LogP contribution in [0.4, 0.5) is 0 Å². The molecule has 0 aromatic heterocycles. The quantitative estimate of drug-likeness (QED) is 0.419. The van der Waals surface area contributed by atoms with E-state index in [1.54, 1.807) is 21.3 Å². The minimum atomic E-state index is -0.702. The van der Waals surface area contributed by atoms with Crippen LogP contribution in [-0.2, 0) is 6.42 Å². The van der Waals surface area contributed by atoms with Gasteiger partial charge in [-0.2, -0.15) is 0 Å². The second-order valence-electron chi connectivity index (χ2n) is 6.38. The number of rotatable bonds is 10. The van der Waals surface area contributed by atoms with Crippen molar-refractivity contribution in [2.24, 2.45) is 4.99 Å². The van der Waals surface area contributed by atoms with Crippen molar-refractivity contribution in [3.8, 4) is 17.2 Å². The highest BCUT2D eigenvalue weighted by Crippen LogP contribution is 2.27. The maximum atomic E-state index is 10.4. The highest BCUT2D eigenvalue weighted by atomic mass is 16.5. The van der Waals surface area contributed by atoms with Gasteiger partial charge in [-0.1, -0.05) is 18.2 Å². The third-order valence-corrected chi connectivity index (χ3v) is 4.40. The molecule has 0 fully saturated rings. The first kappa shape index (κ1) is 22.4. The molecule has 0 radical (unpaired) electrons. The Bertz CT molecular complexity index is 795. The predicted molar refractivity (Wildman–Crippen MR) is 115 cm³/mol. The number of benzene rings is 2. The lowest BCUT2D eigenvalue weighted by molar-refractivity contribution is 0.186. The Hall–Kier alpha value is -2.93. The molecule has 0 aliphatic rings. The zero-order chi connectivity index (χ0) is 21.1. The predicted octanol–water partition coefficient (Wildman–Crippen LogP) is 2.54. The fraction of sp³-hybridized carbons (Fsp3) is 0.409. The van der Waals surface area contributed by atoms with Gasteiger partial charge in [0.25, 0.3) is 0 Å². The van der Waals surface area contributed by atoms with Crippen molar-refractivity contribution >= 4 is 5.96 Å². The number of hydrogen-bond acceptors (Lipinski definition) is 5. The first-order chi connectivity index (χ1) is 14.1. The largest absolute Gasteiger partial charge is 0.497 e. The Balaban J connectivity index is 1.93. The van der Waals surface area contributed by atoms with Gasteiger partial charge >= 0.3 is 0 Å². The number of methoxy groups -OCH3 is 3. The molecule has 0 aliphatic carbocycles. The van der Waals surface area contributed by atoms with Crippen LogP contribution in [0.5, 0.6) is 17.2 Å². The molecule has 1 atom stereocenters. The van der Waals surface area contributed by atoms with Gasteiger partial charge in [0, 0.05) is 13.1 Å². The average molecular weight is 402 g/mol. The first-order valence-electron chi connectivity index (χ1n) is 9.66. The topological polar surface area (TPSA) is 84.3 Å². The van der Waals surface area contributed by atoms with Gasteiger partial charge < -0.3 is 30.0 Å². The van der Waals surface area contributed by atoms with Crippen LogP contribution in [0.2, 0.25) is 0 Å². The number of nitrogens with zero attached hydrogens (tertiary/aromatic N) is 1. The summed E-state index contributed by atoms with van der Waals surface area (Å²) in [5.74, 6) is 2.80. The van der Waals surface area contributed by atoms with E-state index in [-0.39, 0.29) is 6.54 Å². The summed E-state index contributed by atoms with van der Waals surface area (Å²) in [4.78, 5) is 4.50. The van der Waals surface area contributed by atoms with E-state index >= 15 is 0 Å². The van der Waals surface area contributed by atoms with Crippen molar-refractivity contribution in [1.29, 1.82) is 0 Å². The molecule has 0 aliphatic heterocycles. The molecular weight excluding hydrogens is 370 g/mol. The third kappa shape index (κ3) is 6.87. The van der Waals surface area contributed by atoms with Gasteiger partial charge in [-0.05, 0) is 48.7 Å². The monoisotopic (exact) mass is 401 g/mol. The molecule has 3 N–H and O–H groups in total. The summed E-state index contributed by atoms with van der Waals surface area (Å²) in [6.07, 6.45) is 0.0924. The molecule has 2 aromatic rings. The molecule has 0 bridgehead atoms. The SMILES string of the molecule is CCNC(=NCC(O)c1cccc(OC)c1)NCCc1ccc(OC)c(OC)c1. The average Bonchev–Trinajstić information content (AvgIpc) is 2.77. The summed E-state index contributed by atoms with van der Waals surface area (Å²) < 4.78 is 15.8. The lowest BCUT2D eigenvalue weighted by atomic mass is 10.1. The summed E-state index contributed by atoms with van der Waals surface area (Å²) >= 11 is 0. The summed E-state index contributed by atoms with van der Waals surface area (Å²) in [5.41, 5.74) is 1.90. The minimum absolute atomic E-state index is 0.249. The van der Waals surface area contributed by atoms with Crippen molar-refractivity contribution < 1.29 is 19.3 Å². The normalized spacial score (nSPS) is 12.2. The number of aliphatic imine (C=N–C) groups is 1. The van der Waals surface area contributed by atoms with Crippen LogP contribution < -0.4 is 24.8 Å². The van der Waals surface area contributed by atoms with Gasteiger partial charge in [-0.25, -0.2) is 0 Å². The van der Waals surface area contributed by atoms with Crippen LogP contribution in [0.3, 0.4) is 0 Å². The molecule has 1 unspecified atom stereocenters. The van der Waals surface area contributed by atoms with Crippen LogP contribution in [0.1, 0.15) is 24.2 Å². The molecule has 158 valence electrons. The van der Waals surface area contributed by atoms with Gasteiger partial charge in [0.05, 0.1) is 34.0 Å². The van der Waals surface area contributed by atoms with Crippen molar-refractivity contribution in [3.05, 3.63) is 53.6 Å². The highest BCUT2D eigenvalue weighted by molar-refractivity contribution is 5.79. The standard InChI is InChI=1S/C22H31N3O4/c1-5-23-22(25-15-19(26)17-7-6-8-18(14-17)27-2)24-12-11-16-9-10-20(28-3)21(13-16)29-4/h6-10,13-14,19,26H,5,11-12,15H2,1-4H3,(H2,23,24,25). The van der Waals surface area contributed by atoms with E-state index < -0.39 is 6.10 Å². The minimum Gasteiger partial charge on any atom is -0.497 e. The fourth-order valence-corrected chi connectivity index (χ4v) is 2.84. The molecular formula is C22H31N3O4. The second-order valence-corrected chi connectivity index (χ2v) is 6.38. The van der Waals surface area contributed by atoms with Crippen LogP contribution >= 0.6 is 0 Å². The lowest BCUT2D eigenvalue weighted by Crippen LogP contribution is -2.38. The second kappa shape index (κ2) is 11.8. The van der Waals surface area contributed by atoms with E-state index in [1.807, 2.05) is 49.4 Å². The van der Waals surface area contributed by atoms with E-state index in [0.29, 0.717) is 29.8 Å². The molecule has 7 nitrogen and oxygen atoms in total. The van der Waals surface area contributed by atoms with Crippen LogP contribution in [-0.4, -0.2) is 52.0 Å². The third-order valence-electron chi connectivity index (χ3n) is 4.40. The highest BCUT2D eigenvalue weighted by Gasteiger charge is 2.09. The van der Waals surface area contributed by atoms with Crippen molar-refractivity contribution in [2.75, 3.05) is 41.0 Å². The van der Waals surface area contributed by atoms with E-state index in [2.05, 4.69) is 15.6 Å². The number of hydrogen-bond donors (Lipinski definition) is 3. The van der Waals surface area contributed by atoms with E-state index in [4.69, 9.17) is 14.2 Å². The number of aliphatic hydroxyl groups is 1. The van der Waals surface area contributed by atoms with Crippen LogP contribution in [0.25, 0.3) is 0 Å². The van der Waals surface area contributed by atoms with Crippen molar-refractivity contribution in [2.45, 2.75) is 19.4 Å². The molecule has 0 saturated heterocycles. The van der Waals surface area contributed by atoms with E-state index in [1.165, 1.54) is 0 Å². The maximum absolute atomic E-state index is 10.4. The number of aliphatic hydroxyl groups excluding tert-OH is 1. The van der Waals surface area contributed by atoms with Gasteiger partial charge in [0.1, 0.15) is 5.75 Å². The molecule has 0 spiro atoms. The lowest BCUT2D eigenvalue weighted by Gasteiger charge is -2.14. The molecule has 0 heterocycles. The molecule has 29 heavy (non-hydrogen) atoms. The number of guanidine groups is 1. The van der Waals surface area contributed by atoms with Crippen LogP contribution in [0, 0.1) is 0 Å². The van der Waals surface area contributed by atoms with Gasteiger partial charge in [-0.15, -0.1) is 0 Å². The Kier molecular flexibility index (Phi) is 9.11.